The molecule has 0 spiro atoms. The van der Waals surface area contributed by atoms with Gasteiger partial charge in [0.2, 0.25) is 0 Å². The van der Waals surface area contributed by atoms with E-state index in [-0.39, 0.29) is 18.1 Å². The molecule has 2 aliphatic rings. The normalized spacial score (nSPS) is 29.3. The molecule has 2 heterocycles. The summed E-state index contributed by atoms with van der Waals surface area (Å²) in [5.74, 6) is -1.26. The number of amides is 2. The third-order valence-corrected chi connectivity index (χ3v) is 3.88. The van der Waals surface area contributed by atoms with Crippen molar-refractivity contribution in [3.63, 3.8) is 0 Å². The number of carbonyl (C=O) groups excluding carboxylic acids is 1. The fourth-order valence-electron chi connectivity index (χ4n) is 2.66. The number of urea groups is 1. The Morgan fingerprint density at radius 2 is 1.94 bits per heavy atom. The molecule has 2 unspecified atom stereocenters. The lowest BCUT2D eigenvalue weighted by Gasteiger charge is -2.28. The molecule has 6 heteroatoms. The summed E-state index contributed by atoms with van der Waals surface area (Å²) in [5.41, 5.74) is 0. The van der Waals surface area contributed by atoms with E-state index in [2.05, 4.69) is 5.32 Å². The number of ether oxygens (including phenoxy) is 1. The van der Waals surface area contributed by atoms with Crippen molar-refractivity contribution in [2.45, 2.75) is 38.3 Å². The van der Waals surface area contributed by atoms with E-state index in [1.165, 1.54) is 0 Å². The summed E-state index contributed by atoms with van der Waals surface area (Å²) in [5, 5.41) is 12.0. The molecule has 0 aromatic carbocycles. The van der Waals surface area contributed by atoms with Gasteiger partial charge in [-0.3, -0.25) is 4.79 Å². The van der Waals surface area contributed by atoms with Crippen molar-refractivity contribution >= 4 is 12.0 Å². The van der Waals surface area contributed by atoms with E-state index in [9.17, 15) is 9.59 Å². The van der Waals surface area contributed by atoms with Crippen LogP contribution < -0.4 is 5.32 Å². The summed E-state index contributed by atoms with van der Waals surface area (Å²) in [6.45, 7) is 3.68. The molecule has 0 aromatic rings. The van der Waals surface area contributed by atoms with Crippen molar-refractivity contribution in [3.8, 4) is 0 Å². The van der Waals surface area contributed by atoms with Crippen molar-refractivity contribution in [2.24, 2.45) is 5.92 Å². The molecule has 0 saturated carbocycles. The fourth-order valence-corrected chi connectivity index (χ4v) is 2.66. The minimum Gasteiger partial charge on any atom is -0.481 e. The van der Waals surface area contributed by atoms with Crippen LogP contribution in [0.4, 0.5) is 4.79 Å². The smallest absolute Gasteiger partial charge is 0.317 e. The molecule has 18 heavy (non-hydrogen) atoms. The van der Waals surface area contributed by atoms with Gasteiger partial charge in [-0.05, 0) is 26.2 Å². The standard InChI is InChI=1S/C12H20N2O4/c1-8-10(11(15)16)2-5-14(8)12(17)13-9-3-6-18-7-4-9/h8-10H,2-7H2,1H3,(H,13,17)(H,15,16). The second-order valence-electron chi connectivity index (χ2n) is 5.00. The van der Waals surface area contributed by atoms with Crippen LogP contribution in [0, 0.1) is 5.92 Å². The first-order valence-electron chi connectivity index (χ1n) is 6.47. The first-order valence-corrected chi connectivity index (χ1v) is 6.47. The molecule has 0 aliphatic carbocycles. The first-order chi connectivity index (χ1) is 8.59. The van der Waals surface area contributed by atoms with Crippen LogP contribution in [0.2, 0.25) is 0 Å². The highest BCUT2D eigenvalue weighted by atomic mass is 16.5. The van der Waals surface area contributed by atoms with Crippen LogP contribution >= 0.6 is 0 Å². The zero-order valence-corrected chi connectivity index (χ0v) is 10.6. The SMILES string of the molecule is CC1C(C(=O)O)CCN1C(=O)NC1CCOCC1. The van der Waals surface area contributed by atoms with Crippen LogP contribution in [0.1, 0.15) is 26.2 Å². The Balaban J connectivity index is 1.87. The van der Waals surface area contributed by atoms with E-state index in [0.717, 1.165) is 12.8 Å². The van der Waals surface area contributed by atoms with Gasteiger partial charge in [-0.25, -0.2) is 4.79 Å². The van der Waals surface area contributed by atoms with Gasteiger partial charge in [0.25, 0.3) is 0 Å². The van der Waals surface area contributed by atoms with E-state index in [4.69, 9.17) is 9.84 Å². The van der Waals surface area contributed by atoms with Crippen molar-refractivity contribution in [1.29, 1.82) is 0 Å². The van der Waals surface area contributed by atoms with Crippen molar-refractivity contribution in [2.75, 3.05) is 19.8 Å². The summed E-state index contributed by atoms with van der Waals surface area (Å²) in [6, 6.07) is -0.220. The van der Waals surface area contributed by atoms with E-state index >= 15 is 0 Å². The number of carboxylic acid groups (broad SMARTS) is 1. The molecule has 0 aromatic heterocycles. The number of hydrogen-bond donors (Lipinski definition) is 2. The maximum atomic E-state index is 12.1. The molecule has 102 valence electrons. The predicted octanol–water partition coefficient (Wildman–Crippen LogP) is 0.670. The van der Waals surface area contributed by atoms with Crippen LogP contribution in [0.5, 0.6) is 0 Å². The van der Waals surface area contributed by atoms with Gasteiger partial charge in [0.1, 0.15) is 0 Å². The summed E-state index contributed by atoms with van der Waals surface area (Å²) in [7, 11) is 0. The Kier molecular flexibility index (Phi) is 4.06. The van der Waals surface area contributed by atoms with E-state index in [1.54, 1.807) is 11.8 Å². The fraction of sp³-hybridized carbons (Fsp3) is 0.833. The van der Waals surface area contributed by atoms with Crippen LogP contribution in [0.25, 0.3) is 0 Å². The molecule has 2 saturated heterocycles. The molecule has 0 bridgehead atoms. The van der Waals surface area contributed by atoms with E-state index < -0.39 is 11.9 Å². The van der Waals surface area contributed by atoms with E-state index in [1.807, 2.05) is 0 Å². The van der Waals surface area contributed by atoms with Gasteiger partial charge in [-0.1, -0.05) is 0 Å². The summed E-state index contributed by atoms with van der Waals surface area (Å²) < 4.78 is 5.23. The lowest BCUT2D eigenvalue weighted by Crippen LogP contribution is -2.48. The Bertz CT molecular complexity index is 328. The molecule has 2 amide bonds. The minimum absolute atomic E-state index is 0.141. The highest BCUT2D eigenvalue weighted by Gasteiger charge is 2.38. The molecule has 0 radical (unpaired) electrons. The molecular formula is C12H20N2O4. The topological polar surface area (TPSA) is 78.9 Å². The van der Waals surface area contributed by atoms with Gasteiger partial charge in [-0.15, -0.1) is 0 Å². The first kappa shape index (κ1) is 13.1. The van der Waals surface area contributed by atoms with Crippen LogP contribution in [0.3, 0.4) is 0 Å². The monoisotopic (exact) mass is 256 g/mol. The molecule has 2 atom stereocenters. The second kappa shape index (κ2) is 5.56. The van der Waals surface area contributed by atoms with Crippen LogP contribution in [-0.2, 0) is 9.53 Å². The lowest BCUT2D eigenvalue weighted by atomic mass is 10.0. The number of rotatable bonds is 2. The second-order valence-corrected chi connectivity index (χ2v) is 5.00. The quantitative estimate of drug-likeness (QED) is 0.761. The Morgan fingerprint density at radius 1 is 1.28 bits per heavy atom. The Morgan fingerprint density at radius 3 is 2.50 bits per heavy atom. The number of carbonyl (C=O) groups is 2. The zero-order valence-electron chi connectivity index (χ0n) is 10.6. The average molecular weight is 256 g/mol. The molecular weight excluding hydrogens is 236 g/mol. The Labute approximate surface area is 106 Å². The molecule has 6 nitrogen and oxygen atoms in total. The van der Waals surface area contributed by atoms with Gasteiger partial charge in [0, 0.05) is 31.8 Å². The summed E-state index contributed by atoms with van der Waals surface area (Å²) in [6.07, 6.45) is 2.20. The van der Waals surface area contributed by atoms with Gasteiger partial charge in [-0.2, -0.15) is 0 Å². The molecule has 2 fully saturated rings. The van der Waals surface area contributed by atoms with Crippen molar-refractivity contribution in [1.82, 2.24) is 10.2 Å². The lowest BCUT2D eigenvalue weighted by molar-refractivity contribution is -0.142. The number of aliphatic carboxylic acids is 1. The van der Waals surface area contributed by atoms with E-state index in [0.29, 0.717) is 26.2 Å². The number of likely N-dealkylation sites (tertiary alicyclic amines) is 1. The average Bonchev–Trinajstić information content (AvgIpc) is 2.72. The number of hydrogen-bond acceptors (Lipinski definition) is 3. The highest BCUT2D eigenvalue weighted by Crippen LogP contribution is 2.24. The third kappa shape index (κ3) is 2.75. The zero-order chi connectivity index (χ0) is 13.1. The van der Waals surface area contributed by atoms with Gasteiger partial charge in [0.05, 0.1) is 5.92 Å². The number of carboxylic acids is 1. The van der Waals surface area contributed by atoms with Crippen LogP contribution in [0.15, 0.2) is 0 Å². The van der Waals surface area contributed by atoms with Crippen molar-refractivity contribution < 1.29 is 19.4 Å². The Hall–Kier alpha value is -1.30. The predicted molar refractivity (Wildman–Crippen MR) is 64.3 cm³/mol. The maximum Gasteiger partial charge on any atom is 0.317 e. The maximum absolute atomic E-state index is 12.1. The largest absolute Gasteiger partial charge is 0.481 e. The van der Waals surface area contributed by atoms with Gasteiger partial charge >= 0.3 is 12.0 Å². The third-order valence-electron chi connectivity index (χ3n) is 3.88. The summed E-state index contributed by atoms with van der Waals surface area (Å²) in [4.78, 5) is 24.7. The molecule has 2 aliphatic heterocycles. The van der Waals surface area contributed by atoms with Gasteiger partial charge in [0.15, 0.2) is 0 Å². The van der Waals surface area contributed by atoms with Crippen molar-refractivity contribution in [3.05, 3.63) is 0 Å². The van der Waals surface area contributed by atoms with Crippen LogP contribution in [-0.4, -0.2) is 53.8 Å². The number of nitrogens with zero attached hydrogens (tertiary/aromatic N) is 1. The minimum atomic E-state index is -0.816. The number of nitrogens with one attached hydrogen (secondary N) is 1. The molecule has 2 rings (SSSR count). The summed E-state index contributed by atoms with van der Waals surface area (Å²) >= 11 is 0. The van der Waals surface area contributed by atoms with Gasteiger partial charge < -0.3 is 20.1 Å². The molecule has 2 N–H and O–H groups in total. The highest BCUT2D eigenvalue weighted by molar-refractivity contribution is 5.78.